The van der Waals surface area contributed by atoms with Gasteiger partial charge in [0.1, 0.15) is 73.1 Å². The van der Waals surface area contributed by atoms with Gasteiger partial charge in [-0.3, -0.25) is 14.4 Å². The quantitative estimate of drug-likeness (QED) is 0.107. The minimum atomic E-state index is -1.78. The van der Waals surface area contributed by atoms with Gasteiger partial charge in [0.05, 0.1) is 19.8 Å². The third kappa shape index (κ3) is 8.14. The number of amides is 3. The lowest BCUT2D eigenvalue weighted by molar-refractivity contribution is -0.349. The van der Waals surface area contributed by atoms with Crippen LogP contribution >= 0.6 is 0 Å². The molecule has 3 heterocycles. The summed E-state index contributed by atoms with van der Waals surface area (Å²) < 4.78 is 28.2. The Morgan fingerprint density at radius 3 is 1.47 bits per heavy atom. The zero-order chi connectivity index (χ0) is 32.2. The van der Waals surface area contributed by atoms with Gasteiger partial charge in [0, 0.05) is 20.8 Å². The number of hydrogen-bond donors (Lipinski definition) is 11. The molecule has 3 fully saturated rings. The second-order valence-electron chi connectivity index (χ2n) is 10.5. The zero-order valence-electron chi connectivity index (χ0n) is 23.6. The van der Waals surface area contributed by atoms with Crippen molar-refractivity contribution < 1.29 is 78.9 Å². The Morgan fingerprint density at radius 2 is 0.977 bits per heavy atom. The Balaban J connectivity index is 1.92. The lowest BCUT2D eigenvalue weighted by atomic mass is 9.93. The van der Waals surface area contributed by atoms with Crippen molar-refractivity contribution >= 4 is 17.7 Å². The van der Waals surface area contributed by atoms with Gasteiger partial charge in [-0.05, 0) is 0 Å². The van der Waals surface area contributed by atoms with Crippen LogP contribution in [0.15, 0.2) is 0 Å². The molecule has 3 aliphatic heterocycles. The van der Waals surface area contributed by atoms with Crippen LogP contribution in [0.4, 0.5) is 0 Å². The predicted octanol–water partition coefficient (Wildman–Crippen LogP) is -7.14. The van der Waals surface area contributed by atoms with Crippen LogP contribution in [-0.2, 0) is 38.1 Å². The maximum absolute atomic E-state index is 12.1. The van der Waals surface area contributed by atoms with Gasteiger partial charge in [0.2, 0.25) is 17.7 Å². The second-order valence-corrected chi connectivity index (χ2v) is 10.5. The topological polar surface area (TPSA) is 295 Å². The van der Waals surface area contributed by atoms with Crippen molar-refractivity contribution in [2.45, 2.75) is 113 Å². The van der Waals surface area contributed by atoms with Crippen LogP contribution < -0.4 is 16.0 Å². The SMILES string of the molecule is CC(=O)N[C@@H]1[C@@H](O[C@H]2O[C@H](CO)[C@H](O[C@H]3O[C@H](CO)[C@@H](O)[C@H](O)[C@H]3NC(C)=O)[C@H](O)[C@H]2NC(C)=O)[C@H](O)[C@@H](CO)O[C@H]1O. The van der Waals surface area contributed by atoms with E-state index in [1.165, 1.54) is 0 Å². The molecule has 15 atom stereocenters. The third-order valence-corrected chi connectivity index (χ3v) is 7.30. The van der Waals surface area contributed by atoms with Crippen molar-refractivity contribution in [3.63, 3.8) is 0 Å². The standard InChI is InChI=1S/C24H41N3O16/c1-7(31)25-13-18(36)16(34)10(4-28)40-23(13)42-20-12(6-30)41-24(14(19(20)37)26-8(2)32)43-21-15(27-9(3)33)22(38)39-11(5-29)17(21)35/h10-24,28-30,34-38H,4-6H2,1-3H3,(H,25,31)(H,26,32)(H,27,33)/t10-,11-,12-,13-,14-,15-,16-,17-,18-,19-,20+,21-,22-,23-,24-/m1/s1. The van der Waals surface area contributed by atoms with Gasteiger partial charge in [0.15, 0.2) is 18.9 Å². The highest BCUT2D eigenvalue weighted by Crippen LogP contribution is 2.32. The van der Waals surface area contributed by atoms with Gasteiger partial charge in [-0.25, -0.2) is 0 Å². The fourth-order valence-electron chi connectivity index (χ4n) is 5.27. The van der Waals surface area contributed by atoms with E-state index in [1.54, 1.807) is 0 Å². The molecule has 0 spiro atoms. The molecule has 3 aliphatic rings. The van der Waals surface area contributed by atoms with Gasteiger partial charge in [0.25, 0.3) is 0 Å². The highest BCUT2D eigenvalue weighted by molar-refractivity contribution is 5.74. The summed E-state index contributed by atoms with van der Waals surface area (Å²) >= 11 is 0. The summed E-state index contributed by atoms with van der Waals surface area (Å²) in [4.78, 5) is 35.7. The number of carbonyl (C=O) groups is 3. The minimum absolute atomic E-state index is 0.643. The molecule has 0 saturated carbocycles. The van der Waals surface area contributed by atoms with E-state index >= 15 is 0 Å². The zero-order valence-corrected chi connectivity index (χ0v) is 23.6. The average molecular weight is 628 g/mol. The van der Waals surface area contributed by atoms with Crippen LogP contribution in [0.5, 0.6) is 0 Å². The molecule has 0 unspecified atom stereocenters. The number of carbonyl (C=O) groups excluding carboxylic acids is 3. The number of aliphatic hydroxyl groups excluding tert-OH is 8. The van der Waals surface area contributed by atoms with Crippen LogP contribution in [0.2, 0.25) is 0 Å². The fourth-order valence-corrected chi connectivity index (χ4v) is 5.27. The molecule has 0 aromatic carbocycles. The Morgan fingerprint density at radius 1 is 0.558 bits per heavy atom. The normalized spacial score (nSPS) is 43.5. The van der Waals surface area contributed by atoms with Gasteiger partial charge in [-0.2, -0.15) is 0 Å². The summed E-state index contributed by atoms with van der Waals surface area (Å²) in [5, 5.41) is 90.0. The number of ether oxygens (including phenoxy) is 5. The molecular formula is C24H41N3O16. The van der Waals surface area contributed by atoms with E-state index in [9.17, 15) is 55.2 Å². The smallest absolute Gasteiger partial charge is 0.217 e. The lowest BCUT2D eigenvalue weighted by Crippen LogP contribution is -2.71. The molecule has 3 saturated heterocycles. The maximum Gasteiger partial charge on any atom is 0.217 e. The maximum atomic E-state index is 12.1. The molecule has 0 aromatic rings. The van der Waals surface area contributed by atoms with Crippen LogP contribution in [0.1, 0.15) is 20.8 Å². The van der Waals surface area contributed by atoms with E-state index in [2.05, 4.69) is 16.0 Å². The van der Waals surface area contributed by atoms with Crippen molar-refractivity contribution in [2.24, 2.45) is 0 Å². The van der Waals surface area contributed by atoms with Crippen molar-refractivity contribution in [2.75, 3.05) is 19.8 Å². The van der Waals surface area contributed by atoms with Gasteiger partial charge in [-0.1, -0.05) is 0 Å². The van der Waals surface area contributed by atoms with Gasteiger partial charge in [-0.15, -0.1) is 0 Å². The molecule has 19 nitrogen and oxygen atoms in total. The van der Waals surface area contributed by atoms with Crippen LogP contribution in [0.3, 0.4) is 0 Å². The van der Waals surface area contributed by atoms with Crippen LogP contribution in [-0.4, -0.2) is 170 Å². The summed E-state index contributed by atoms with van der Waals surface area (Å²) in [6.45, 7) is 0.996. The highest BCUT2D eigenvalue weighted by atomic mass is 16.7. The third-order valence-electron chi connectivity index (χ3n) is 7.30. The summed E-state index contributed by atoms with van der Waals surface area (Å²) in [6, 6.07) is -4.33. The van der Waals surface area contributed by atoms with Crippen molar-refractivity contribution in [3.05, 3.63) is 0 Å². The molecule has 248 valence electrons. The molecule has 43 heavy (non-hydrogen) atoms. The van der Waals surface area contributed by atoms with Crippen LogP contribution in [0.25, 0.3) is 0 Å². The lowest BCUT2D eigenvalue weighted by Gasteiger charge is -2.50. The Hall–Kier alpha value is -2.11. The number of hydrogen-bond acceptors (Lipinski definition) is 16. The average Bonchev–Trinajstić information content (AvgIpc) is 2.94. The van der Waals surface area contributed by atoms with E-state index in [-0.39, 0.29) is 0 Å². The molecule has 19 heteroatoms. The van der Waals surface area contributed by atoms with Crippen LogP contribution in [0, 0.1) is 0 Å². The first kappa shape index (κ1) is 35.4. The summed E-state index contributed by atoms with van der Waals surface area (Å²) in [7, 11) is 0. The largest absolute Gasteiger partial charge is 0.394 e. The second kappa shape index (κ2) is 15.3. The predicted molar refractivity (Wildman–Crippen MR) is 136 cm³/mol. The van der Waals surface area contributed by atoms with Crippen molar-refractivity contribution in [1.82, 2.24) is 16.0 Å². The number of aliphatic hydroxyl groups is 8. The van der Waals surface area contributed by atoms with Crippen molar-refractivity contribution in [3.8, 4) is 0 Å². The van der Waals surface area contributed by atoms with E-state index in [0.29, 0.717) is 0 Å². The Kier molecular flexibility index (Phi) is 12.5. The van der Waals surface area contributed by atoms with E-state index in [4.69, 9.17) is 23.7 Å². The molecule has 3 rings (SSSR count). The minimum Gasteiger partial charge on any atom is -0.394 e. The van der Waals surface area contributed by atoms with E-state index in [0.717, 1.165) is 20.8 Å². The number of rotatable bonds is 10. The first-order valence-electron chi connectivity index (χ1n) is 13.5. The molecule has 0 aromatic heterocycles. The fraction of sp³-hybridized carbons (Fsp3) is 0.875. The van der Waals surface area contributed by atoms with E-state index < -0.39 is 129 Å². The van der Waals surface area contributed by atoms with Gasteiger partial charge >= 0.3 is 0 Å². The summed E-state index contributed by atoms with van der Waals surface area (Å²) in [6.07, 6.45) is -19.1. The first-order chi connectivity index (χ1) is 20.2. The first-order valence-corrected chi connectivity index (χ1v) is 13.5. The van der Waals surface area contributed by atoms with Gasteiger partial charge < -0.3 is 80.5 Å². The molecule has 0 bridgehead atoms. The Labute approximate surface area is 245 Å². The Bertz CT molecular complexity index is 962. The molecule has 3 amide bonds. The monoisotopic (exact) mass is 627 g/mol. The highest BCUT2D eigenvalue weighted by Gasteiger charge is 2.54. The molecular weight excluding hydrogens is 586 g/mol. The van der Waals surface area contributed by atoms with E-state index in [1.807, 2.05) is 0 Å². The summed E-state index contributed by atoms with van der Waals surface area (Å²) in [5.41, 5.74) is 0. The number of nitrogens with one attached hydrogen (secondary N) is 3. The molecule has 0 radical (unpaired) electrons. The molecule has 11 N–H and O–H groups in total. The van der Waals surface area contributed by atoms with Crippen molar-refractivity contribution in [1.29, 1.82) is 0 Å². The molecule has 0 aliphatic carbocycles. The summed E-state index contributed by atoms with van der Waals surface area (Å²) in [5.74, 6) is -1.98.